The van der Waals surface area contributed by atoms with Crippen molar-refractivity contribution >= 4 is 12.6 Å². The van der Waals surface area contributed by atoms with Gasteiger partial charge in [0.1, 0.15) is 6.26 Å². The Kier molecular flexibility index (Phi) is 1.36. The van der Waals surface area contributed by atoms with Crippen LogP contribution in [0, 0.1) is 0 Å². The molecule has 7 heavy (non-hydrogen) atoms. The predicted octanol–water partition coefficient (Wildman–Crippen LogP) is 1.10. The molecule has 38 valence electrons. The van der Waals surface area contributed by atoms with Crippen LogP contribution in [0.2, 0.25) is 0 Å². The molecule has 0 atom stereocenters. The Hall–Kier alpha value is -0.440. The number of hydrogen-bond acceptors (Lipinski definition) is 3. The minimum atomic E-state index is 0.576. The maximum atomic E-state index is 4.80. The van der Waals surface area contributed by atoms with Gasteiger partial charge in [0.05, 0.1) is 11.9 Å². The quantitative estimate of drug-likeness (QED) is 0.555. The summed E-state index contributed by atoms with van der Waals surface area (Å²) in [5, 5.41) is 0. The number of thiol groups is 1. The summed E-state index contributed by atoms with van der Waals surface area (Å²) in [4.78, 5) is 3.79. The first-order valence-corrected chi connectivity index (χ1v) is 2.56. The molecule has 0 spiro atoms. The monoisotopic (exact) mass is 115 g/mol. The van der Waals surface area contributed by atoms with Crippen LogP contribution in [0.4, 0.5) is 0 Å². The second-order valence-electron chi connectivity index (χ2n) is 1.08. The van der Waals surface area contributed by atoms with E-state index < -0.39 is 0 Å². The maximum absolute atomic E-state index is 4.80. The Balaban J connectivity index is 2.76. The van der Waals surface area contributed by atoms with Crippen molar-refractivity contribution in [1.29, 1.82) is 0 Å². The summed E-state index contributed by atoms with van der Waals surface area (Å²) in [5.74, 6) is 1.25. The summed E-state index contributed by atoms with van der Waals surface area (Å²) in [7, 11) is 0. The van der Waals surface area contributed by atoms with Crippen molar-refractivity contribution in [3.63, 3.8) is 0 Å². The number of nitrogens with zero attached hydrogens (tertiary/aromatic N) is 1. The van der Waals surface area contributed by atoms with E-state index in [4.69, 9.17) is 4.42 Å². The molecule has 0 aliphatic heterocycles. The number of oxazole rings is 1. The molecule has 0 saturated heterocycles. The molecule has 1 aromatic rings. The minimum Gasteiger partial charge on any atom is -0.448 e. The van der Waals surface area contributed by atoms with E-state index in [1.165, 1.54) is 6.26 Å². The zero-order valence-corrected chi connectivity index (χ0v) is 4.56. The lowest BCUT2D eigenvalue weighted by Crippen LogP contribution is -1.70. The lowest BCUT2D eigenvalue weighted by atomic mass is 10.8. The zero-order chi connectivity index (χ0) is 5.11. The van der Waals surface area contributed by atoms with Crippen LogP contribution in [0.15, 0.2) is 16.9 Å². The summed E-state index contributed by atoms with van der Waals surface area (Å²) in [6, 6.07) is 0. The Labute approximate surface area is 47.0 Å². The molecular weight excluding hydrogens is 110 g/mol. The molecule has 0 aliphatic rings. The van der Waals surface area contributed by atoms with Crippen LogP contribution in [-0.4, -0.2) is 4.98 Å². The van der Waals surface area contributed by atoms with Gasteiger partial charge in [0.25, 0.3) is 0 Å². The third kappa shape index (κ3) is 0.962. The third-order valence-electron chi connectivity index (χ3n) is 0.619. The minimum absolute atomic E-state index is 0.576. The lowest BCUT2D eigenvalue weighted by molar-refractivity contribution is 0.517. The van der Waals surface area contributed by atoms with Crippen molar-refractivity contribution in [2.45, 2.75) is 5.75 Å². The largest absolute Gasteiger partial charge is 0.448 e. The average Bonchev–Trinajstić information content (AvgIpc) is 2.14. The second-order valence-corrected chi connectivity index (χ2v) is 1.40. The van der Waals surface area contributed by atoms with Gasteiger partial charge in [-0.05, 0) is 0 Å². The Morgan fingerprint density at radius 1 is 1.86 bits per heavy atom. The van der Waals surface area contributed by atoms with Crippen LogP contribution in [0.5, 0.6) is 0 Å². The lowest BCUT2D eigenvalue weighted by Gasteiger charge is -1.77. The fraction of sp³-hybridized carbons (Fsp3) is 0.250. The first-order chi connectivity index (χ1) is 3.43. The van der Waals surface area contributed by atoms with Gasteiger partial charge in [-0.25, -0.2) is 4.98 Å². The fourth-order valence-electron chi connectivity index (χ4n) is 0.331. The highest BCUT2D eigenvalue weighted by Gasteiger charge is 1.87. The molecule has 3 heteroatoms. The fourth-order valence-corrected chi connectivity index (χ4v) is 0.487. The molecular formula is C4H5NOS. The molecule has 0 fully saturated rings. The first kappa shape index (κ1) is 4.71. The van der Waals surface area contributed by atoms with Gasteiger partial charge in [0, 0.05) is 0 Å². The smallest absolute Gasteiger partial charge is 0.203 e. The standard InChI is InChI=1S/C4H5NOS/c7-3-4-5-1-2-6-4/h1-2,7H,3H2. The molecule has 0 aliphatic carbocycles. The van der Waals surface area contributed by atoms with E-state index in [-0.39, 0.29) is 0 Å². The summed E-state index contributed by atoms with van der Waals surface area (Å²) >= 11 is 3.92. The number of aromatic nitrogens is 1. The molecule has 0 bridgehead atoms. The molecule has 0 N–H and O–H groups in total. The van der Waals surface area contributed by atoms with E-state index in [0.29, 0.717) is 11.6 Å². The second kappa shape index (κ2) is 2.02. The van der Waals surface area contributed by atoms with Crippen LogP contribution in [0.1, 0.15) is 5.89 Å². The first-order valence-electron chi connectivity index (χ1n) is 1.92. The van der Waals surface area contributed by atoms with Gasteiger partial charge < -0.3 is 4.42 Å². The summed E-state index contributed by atoms with van der Waals surface area (Å²) in [5.41, 5.74) is 0. The topological polar surface area (TPSA) is 26.0 Å². The van der Waals surface area contributed by atoms with Gasteiger partial charge >= 0.3 is 0 Å². The van der Waals surface area contributed by atoms with Crippen LogP contribution >= 0.6 is 12.6 Å². The van der Waals surface area contributed by atoms with E-state index in [1.54, 1.807) is 6.20 Å². The molecule has 1 heterocycles. The van der Waals surface area contributed by atoms with E-state index in [0.717, 1.165) is 0 Å². The van der Waals surface area contributed by atoms with Crippen LogP contribution in [-0.2, 0) is 5.75 Å². The van der Waals surface area contributed by atoms with Crippen molar-refractivity contribution in [1.82, 2.24) is 4.98 Å². The van der Waals surface area contributed by atoms with Crippen LogP contribution in [0.25, 0.3) is 0 Å². The maximum Gasteiger partial charge on any atom is 0.203 e. The molecule has 0 amide bonds. The molecule has 0 saturated carbocycles. The Morgan fingerprint density at radius 2 is 2.71 bits per heavy atom. The highest BCUT2D eigenvalue weighted by atomic mass is 32.1. The molecule has 2 nitrogen and oxygen atoms in total. The van der Waals surface area contributed by atoms with Gasteiger partial charge in [0.2, 0.25) is 5.89 Å². The highest BCUT2D eigenvalue weighted by Crippen LogP contribution is 1.96. The van der Waals surface area contributed by atoms with Crippen molar-refractivity contribution in [3.8, 4) is 0 Å². The van der Waals surface area contributed by atoms with Crippen LogP contribution < -0.4 is 0 Å². The average molecular weight is 115 g/mol. The molecule has 0 aromatic carbocycles. The van der Waals surface area contributed by atoms with Crippen molar-refractivity contribution in [2.75, 3.05) is 0 Å². The third-order valence-corrected chi connectivity index (χ3v) is 0.889. The van der Waals surface area contributed by atoms with E-state index in [9.17, 15) is 0 Å². The summed E-state index contributed by atoms with van der Waals surface area (Å²) < 4.78 is 4.80. The summed E-state index contributed by atoms with van der Waals surface area (Å²) in [6.45, 7) is 0. The number of rotatable bonds is 1. The Morgan fingerprint density at radius 3 is 3.00 bits per heavy atom. The molecule has 1 aromatic heterocycles. The molecule has 1 rings (SSSR count). The van der Waals surface area contributed by atoms with Gasteiger partial charge in [-0.2, -0.15) is 12.6 Å². The van der Waals surface area contributed by atoms with Gasteiger partial charge in [-0.3, -0.25) is 0 Å². The van der Waals surface area contributed by atoms with E-state index in [1.807, 2.05) is 0 Å². The molecule has 0 radical (unpaired) electrons. The number of hydrogen-bond donors (Lipinski definition) is 1. The summed E-state index contributed by atoms with van der Waals surface area (Å²) in [6.07, 6.45) is 3.14. The van der Waals surface area contributed by atoms with Crippen molar-refractivity contribution in [3.05, 3.63) is 18.4 Å². The van der Waals surface area contributed by atoms with Crippen molar-refractivity contribution in [2.24, 2.45) is 0 Å². The van der Waals surface area contributed by atoms with Crippen molar-refractivity contribution < 1.29 is 4.42 Å². The highest BCUT2D eigenvalue weighted by molar-refractivity contribution is 7.79. The molecule has 0 unspecified atom stereocenters. The zero-order valence-electron chi connectivity index (χ0n) is 3.66. The van der Waals surface area contributed by atoms with Gasteiger partial charge in [0.15, 0.2) is 0 Å². The van der Waals surface area contributed by atoms with E-state index in [2.05, 4.69) is 17.6 Å². The Bertz CT molecular complexity index is 126. The normalized spacial score (nSPS) is 9.29. The predicted molar refractivity (Wildman–Crippen MR) is 29.2 cm³/mol. The van der Waals surface area contributed by atoms with Crippen LogP contribution in [0.3, 0.4) is 0 Å². The van der Waals surface area contributed by atoms with Gasteiger partial charge in [-0.1, -0.05) is 0 Å². The van der Waals surface area contributed by atoms with Gasteiger partial charge in [-0.15, -0.1) is 0 Å². The van der Waals surface area contributed by atoms with E-state index >= 15 is 0 Å². The SMILES string of the molecule is SCc1ncco1.